The number of carbonyl (C=O) groups excluding carboxylic acids is 8. The van der Waals surface area contributed by atoms with Crippen molar-refractivity contribution < 1.29 is 38.4 Å². The number of nitrogens with one attached hydrogen (secondary N) is 8. The molecule has 8 N–H and O–H groups in total. The van der Waals surface area contributed by atoms with Gasteiger partial charge in [0.25, 0.3) is 0 Å². The molecule has 0 saturated carbocycles. The van der Waals surface area contributed by atoms with E-state index < -0.39 is 82.8 Å². The summed E-state index contributed by atoms with van der Waals surface area (Å²) < 4.78 is 0. The van der Waals surface area contributed by atoms with Gasteiger partial charge in [0.15, 0.2) is 0 Å². The summed E-state index contributed by atoms with van der Waals surface area (Å²) in [5.41, 5.74) is -0.263. The maximum absolute atomic E-state index is 14.4. The van der Waals surface area contributed by atoms with Crippen molar-refractivity contribution in [3.63, 3.8) is 0 Å². The van der Waals surface area contributed by atoms with Gasteiger partial charge in [0.1, 0.15) is 36.3 Å². The molecule has 2 aromatic rings. The third-order valence-electron chi connectivity index (χ3n) is 13.7. The van der Waals surface area contributed by atoms with Crippen LogP contribution in [0.2, 0.25) is 0 Å². The summed E-state index contributed by atoms with van der Waals surface area (Å²) in [4.78, 5) is 113. The molecule has 4 heterocycles. The zero-order chi connectivity index (χ0) is 52.3. The molecule has 4 fully saturated rings. The highest BCUT2D eigenvalue weighted by atomic mass is 35.5. The Bertz CT molecular complexity index is 2320. The molecular weight excluding hydrogens is 1030 g/mol. The number of amides is 8. The number of benzene rings is 2. The van der Waals surface area contributed by atoms with Crippen LogP contribution >= 0.6 is 48.3 Å². The van der Waals surface area contributed by atoms with Crippen molar-refractivity contribution in [3.8, 4) is 23.7 Å². The van der Waals surface area contributed by atoms with Crippen LogP contribution in [0.25, 0.3) is 0 Å². The number of nitrogens with zero attached hydrogens (tertiary/aromatic N) is 2. The summed E-state index contributed by atoms with van der Waals surface area (Å²) in [6.45, 7) is 10.9. The van der Waals surface area contributed by atoms with E-state index in [4.69, 9.17) is 0 Å². The Morgan fingerprint density at radius 2 is 0.946 bits per heavy atom. The number of thioether (sulfide) groups is 2. The summed E-state index contributed by atoms with van der Waals surface area (Å²) >= 11 is 3.15. The van der Waals surface area contributed by atoms with E-state index in [1.807, 2.05) is 27.7 Å². The van der Waals surface area contributed by atoms with Gasteiger partial charge in [-0.1, -0.05) is 100 Å². The molecule has 4 saturated heterocycles. The van der Waals surface area contributed by atoms with Crippen LogP contribution in [0.4, 0.5) is 0 Å². The molecule has 22 heteroatoms. The van der Waals surface area contributed by atoms with Gasteiger partial charge in [-0.05, 0) is 98.9 Å². The molecule has 74 heavy (non-hydrogen) atoms. The third kappa shape index (κ3) is 14.7. The second-order valence-corrected chi connectivity index (χ2v) is 22.4. The molecule has 6 rings (SSSR count). The second kappa shape index (κ2) is 27.3. The standard InChI is InChI=1S/C52H68N10O8S2.2ClH/c1-31(53-7)43(63)57-35-23-27-71-37-29-51(3,4)41(61(37)49(35)69)47(67)59-39(33-19-13-11-14-20-33)45(65)55-25-17-9-10-18-26-56-46(66)40(34-21-15-12-16-22-34)60-48(68)42-52(5,6)30-38-62(42)50(70)36(24-28-72-38)58-44(64)32(2)54-8;;/h11-16,19-22,31-32,35-42,53-54H,23-30H2,1-8H3,(H,55,65)(H,56,66)(H,57,63)(H,58,64)(H,59,67)(H,60,68);2*1H/t31-,32-,35-,36-,37-,38-,39-,40-,41+,42+;;/m0../s1. The van der Waals surface area contributed by atoms with Crippen molar-refractivity contribution in [3.05, 3.63) is 71.8 Å². The van der Waals surface area contributed by atoms with Crippen molar-refractivity contribution in [1.82, 2.24) is 52.3 Å². The zero-order valence-electron chi connectivity index (χ0n) is 43.0. The van der Waals surface area contributed by atoms with Crippen LogP contribution in [-0.4, -0.2) is 143 Å². The summed E-state index contributed by atoms with van der Waals surface area (Å²) in [5.74, 6) is 8.80. The van der Waals surface area contributed by atoms with E-state index in [0.29, 0.717) is 48.3 Å². The molecule has 8 amide bonds. The van der Waals surface area contributed by atoms with E-state index >= 15 is 0 Å². The second-order valence-electron chi connectivity index (χ2n) is 19.8. The lowest BCUT2D eigenvalue weighted by atomic mass is 9.83. The highest BCUT2D eigenvalue weighted by Crippen LogP contribution is 2.48. The molecule has 2 aromatic carbocycles. The van der Waals surface area contributed by atoms with Crippen LogP contribution in [0.3, 0.4) is 0 Å². The lowest BCUT2D eigenvalue weighted by Gasteiger charge is -2.35. The molecule has 0 aromatic heterocycles. The van der Waals surface area contributed by atoms with Crippen LogP contribution < -0.4 is 42.5 Å². The number of hydrogen-bond donors (Lipinski definition) is 8. The molecule has 0 spiro atoms. The van der Waals surface area contributed by atoms with Gasteiger partial charge in [0.2, 0.25) is 47.3 Å². The normalized spacial score (nSPS) is 23.9. The van der Waals surface area contributed by atoms with E-state index in [9.17, 15) is 38.4 Å². The van der Waals surface area contributed by atoms with E-state index in [1.54, 1.807) is 122 Å². The Morgan fingerprint density at radius 1 is 0.595 bits per heavy atom. The van der Waals surface area contributed by atoms with Crippen molar-refractivity contribution >= 4 is 95.6 Å². The molecule has 18 nitrogen and oxygen atoms in total. The van der Waals surface area contributed by atoms with Gasteiger partial charge in [-0.15, -0.1) is 48.3 Å². The number of likely N-dealkylation sites (N-methyl/N-ethyl adjacent to an activating group) is 2. The first-order chi connectivity index (χ1) is 34.3. The third-order valence-corrected chi connectivity index (χ3v) is 16.2. The Hall–Kier alpha value is -5.48. The lowest BCUT2D eigenvalue weighted by molar-refractivity contribution is -0.144. The van der Waals surface area contributed by atoms with Gasteiger partial charge in [0.05, 0.1) is 35.9 Å². The minimum Gasteiger partial charge on any atom is -0.343 e. The Kier molecular flexibility index (Phi) is 22.6. The van der Waals surface area contributed by atoms with Gasteiger partial charge in [-0.2, -0.15) is 0 Å². The molecule has 0 unspecified atom stereocenters. The Morgan fingerprint density at radius 3 is 1.28 bits per heavy atom. The maximum atomic E-state index is 14.4. The topological polar surface area (TPSA) is 239 Å². The van der Waals surface area contributed by atoms with Gasteiger partial charge >= 0.3 is 0 Å². The largest absolute Gasteiger partial charge is 0.343 e. The number of carbonyl (C=O) groups is 8. The number of rotatable bonds is 16. The average molecular weight is 1100 g/mol. The first-order valence-electron chi connectivity index (χ1n) is 24.3. The van der Waals surface area contributed by atoms with Gasteiger partial charge in [-0.25, -0.2) is 0 Å². The number of hydrogen-bond acceptors (Lipinski definition) is 12. The van der Waals surface area contributed by atoms with Crippen molar-refractivity contribution in [2.75, 3.05) is 38.7 Å². The number of fused-ring (bicyclic) bond motifs is 2. The highest BCUT2D eigenvalue weighted by Gasteiger charge is 2.56. The minimum absolute atomic E-state index is 0. The molecule has 0 bridgehead atoms. The van der Waals surface area contributed by atoms with Crippen molar-refractivity contribution in [2.24, 2.45) is 10.8 Å². The summed E-state index contributed by atoms with van der Waals surface area (Å²) in [6, 6.07) is 10.8. The maximum Gasteiger partial charge on any atom is 0.247 e. The summed E-state index contributed by atoms with van der Waals surface area (Å²) in [5, 5.41) is 22.3. The van der Waals surface area contributed by atoms with Gasteiger partial charge in [0, 0.05) is 0 Å². The predicted molar refractivity (Wildman–Crippen MR) is 291 cm³/mol. The molecule has 4 aliphatic heterocycles. The fourth-order valence-corrected chi connectivity index (χ4v) is 12.7. The van der Waals surface area contributed by atoms with E-state index in [-0.39, 0.29) is 72.3 Å². The van der Waals surface area contributed by atoms with Crippen LogP contribution in [0.15, 0.2) is 60.7 Å². The zero-order valence-corrected chi connectivity index (χ0v) is 46.3. The molecule has 4 aliphatic rings. The minimum atomic E-state index is -1.13. The van der Waals surface area contributed by atoms with Crippen LogP contribution in [0, 0.1) is 34.5 Å². The van der Waals surface area contributed by atoms with Crippen molar-refractivity contribution in [1.29, 1.82) is 0 Å². The predicted octanol–water partition coefficient (Wildman–Crippen LogP) is 2.15. The first kappa shape index (κ1) is 61.1. The van der Waals surface area contributed by atoms with Gasteiger partial charge < -0.3 is 52.3 Å². The molecule has 0 radical (unpaired) electrons. The van der Waals surface area contributed by atoms with E-state index in [2.05, 4.69) is 66.2 Å². The fraction of sp³-hybridized carbons (Fsp3) is 0.538. The highest BCUT2D eigenvalue weighted by molar-refractivity contribution is 8.00. The molecule has 0 aliphatic carbocycles. The van der Waals surface area contributed by atoms with E-state index in [0.717, 1.165) is 0 Å². The average Bonchev–Trinajstić information content (AvgIpc) is 3.68. The van der Waals surface area contributed by atoms with Crippen molar-refractivity contribution in [2.45, 2.75) is 126 Å². The Labute approximate surface area is 455 Å². The smallest absolute Gasteiger partial charge is 0.247 e. The van der Waals surface area contributed by atoms with Crippen LogP contribution in [0.1, 0.15) is 90.4 Å². The number of halogens is 2. The Balaban J connectivity index is 0.00000593. The molecule has 10 atom stereocenters. The first-order valence-corrected chi connectivity index (χ1v) is 26.4. The van der Waals surface area contributed by atoms with Crippen LogP contribution in [-0.2, 0) is 38.4 Å². The van der Waals surface area contributed by atoms with Gasteiger partial charge in [-0.3, -0.25) is 38.4 Å². The fourth-order valence-electron chi connectivity index (χ4n) is 9.54. The van der Waals surface area contributed by atoms with E-state index in [1.165, 1.54) is 0 Å². The molecule has 402 valence electrons. The molecular formula is C52H70Cl2N10O8S2. The van der Waals surface area contributed by atoms with Crippen LogP contribution in [0.5, 0.6) is 0 Å². The summed E-state index contributed by atoms with van der Waals surface area (Å²) in [7, 11) is 3.32. The quantitative estimate of drug-likeness (QED) is 0.113. The lowest BCUT2D eigenvalue weighted by Crippen LogP contribution is -2.58. The SMILES string of the molecule is CN[C@@H](C)C(=O)N[C@H]1CCS[C@H]2CC(C)(C)[C@@H](C(=O)N[C@H](C(=O)NCC#CC#CCNC(=O)[C@@H](NC(=O)[C@H]3N4C(=O)[C@@H](NC(=O)[C@H](C)NC)CCS[C@H]4CC3(C)C)c3ccccc3)c3ccccc3)N2C1=O.Cl.Cl. The summed E-state index contributed by atoms with van der Waals surface area (Å²) in [6.07, 6.45) is 1.93. The monoisotopic (exact) mass is 1100 g/mol.